The lowest BCUT2D eigenvalue weighted by Crippen LogP contribution is -2.35. The second kappa shape index (κ2) is 66.3. The highest BCUT2D eigenvalue weighted by Gasteiger charge is 2.18. The monoisotopic (exact) mass is 1640 g/mol. The number of nitrogens with two attached hydrogens (primary N) is 3. The van der Waals surface area contributed by atoms with Crippen molar-refractivity contribution in [3.63, 3.8) is 0 Å². The van der Waals surface area contributed by atoms with Crippen molar-refractivity contribution in [3.05, 3.63) is 31.7 Å². The number of nitrogens with one attached hydrogen (secondary N) is 10. The Labute approximate surface area is 641 Å². The highest BCUT2D eigenvalue weighted by Crippen LogP contribution is 2.16. The fraction of sp³-hybridized carbons (Fsp3) is 0.660. The predicted molar refractivity (Wildman–Crippen MR) is 416 cm³/mol. The summed E-state index contributed by atoms with van der Waals surface area (Å²) in [7, 11) is 1.50. The van der Waals surface area contributed by atoms with E-state index in [2.05, 4.69) is 181 Å². The van der Waals surface area contributed by atoms with Crippen LogP contribution in [0.4, 0.5) is 56.0 Å². The van der Waals surface area contributed by atoms with Gasteiger partial charge in [-0.1, -0.05) is 23.5 Å². The van der Waals surface area contributed by atoms with Crippen LogP contribution >= 0.6 is 141 Å². The first-order valence-corrected chi connectivity index (χ1v) is 37.1. The molecule has 0 atom stereocenters. The zero-order valence-electron chi connectivity index (χ0n) is 59.5. The van der Waals surface area contributed by atoms with Crippen LogP contribution < -0.4 is 70.4 Å². The van der Waals surface area contributed by atoms with Crippen LogP contribution in [0.15, 0.2) is 10.3 Å². The number of rotatable bonds is 23. The topological polar surface area (TPSA) is 471 Å². The first-order valence-electron chi connectivity index (χ1n) is 29.2. The summed E-state index contributed by atoms with van der Waals surface area (Å²) in [5, 5.41) is 30.3. The molecule has 0 bridgehead atoms. The lowest BCUT2D eigenvalue weighted by molar-refractivity contribution is 0.0518. The van der Waals surface area contributed by atoms with Gasteiger partial charge in [0, 0.05) is 97.7 Å². The van der Waals surface area contributed by atoms with E-state index in [1.54, 1.807) is 27.0 Å². The first kappa shape index (κ1) is 105. The first-order chi connectivity index (χ1) is 46.8. The maximum atomic E-state index is 11.5. The second-order valence-electron chi connectivity index (χ2n) is 19.3. The highest BCUT2D eigenvalue weighted by atomic mass is 35.5. The van der Waals surface area contributed by atoms with E-state index in [9.17, 15) is 14.4 Å². The van der Waals surface area contributed by atoms with Crippen molar-refractivity contribution in [2.75, 3.05) is 161 Å². The van der Waals surface area contributed by atoms with E-state index >= 15 is 0 Å². The SMILES string of the molecule is CC(C)(C)OC(=O)NCCN.CCNc1nc(Cl)nc(Cl)n1.CCNc1nc(Cl)nc(NCCNC(=O)OC(C)(C)C)n1.CCNc1nc(NCCN)nc(SC)n1.CCNc1nc(NCCNC(=O)OC(C)(C)C)nc(SC)n1.CCl.CCl.CCl.CN.CS.Clc1nc(Cl)nc(Cl)n1. The molecule has 16 N–H and O–H groups in total. The number of carbonyl (C=O) groups excluding carboxylic acids is 3. The van der Waals surface area contributed by atoms with E-state index in [1.807, 2.05) is 81.7 Å². The van der Waals surface area contributed by atoms with Gasteiger partial charge in [0.05, 0.1) is 0 Å². The zero-order chi connectivity index (χ0) is 77.6. The molecule has 5 aromatic heterocycles. The van der Waals surface area contributed by atoms with Crippen LogP contribution in [0.3, 0.4) is 0 Å². The van der Waals surface area contributed by atoms with Gasteiger partial charge in [-0.25, -0.2) is 14.4 Å². The molecule has 0 saturated carbocycles. The zero-order valence-corrected chi connectivity index (χ0v) is 68.9. The van der Waals surface area contributed by atoms with Gasteiger partial charge >= 0.3 is 18.3 Å². The van der Waals surface area contributed by atoms with Gasteiger partial charge in [-0.2, -0.15) is 87.4 Å². The van der Waals surface area contributed by atoms with Gasteiger partial charge in [0.15, 0.2) is 10.3 Å². The van der Waals surface area contributed by atoms with Gasteiger partial charge in [0.1, 0.15) is 16.8 Å². The van der Waals surface area contributed by atoms with Crippen LogP contribution in [0.5, 0.6) is 0 Å². The Hall–Kier alpha value is -5.00. The average molecular weight is 1640 g/mol. The van der Waals surface area contributed by atoms with Crippen molar-refractivity contribution < 1.29 is 28.6 Å². The van der Waals surface area contributed by atoms with Crippen molar-refractivity contribution in [3.8, 4) is 0 Å². The molecular formula is C53H101Cl9N28O6S3. The summed E-state index contributed by atoms with van der Waals surface area (Å²) in [5.74, 6) is 3.31. The Bertz CT molecular complexity index is 2790. The lowest BCUT2D eigenvalue weighted by atomic mass is 10.2. The second-order valence-corrected chi connectivity index (χ2v) is 22.9. The number of nitrogens with zero attached hydrogens (tertiary/aromatic N) is 15. The molecule has 46 heteroatoms. The molecule has 99 heavy (non-hydrogen) atoms. The van der Waals surface area contributed by atoms with Gasteiger partial charge in [-0.3, -0.25) is 0 Å². The largest absolute Gasteiger partial charge is 0.444 e. The van der Waals surface area contributed by atoms with Gasteiger partial charge in [-0.15, -0.1) is 34.8 Å². The van der Waals surface area contributed by atoms with Crippen LogP contribution in [-0.2, 0) is 14.2 Å². The molecule has 3 amide bonds. The third kappa shape index (κ3) is 66.0. The number of hydrogen-bond acceptors (Lipinski definition) is 34. The van der Waals surface area contributed by atoms with E-state index in [0.717, 1.165) is 19.6 Å². The van der Waals surface area contributed by atoms with Crippen molar-refractivity contribution in [2.45, 2.75) is 117 Å². The quantitative estimate of drug-likeness (QED) is 0.00949. The smallest absolute Gasteiger partial charge is 0.407 e. The fourth-order valence-electron chi connectivity index (χ4n) is 5.04. The number of amides is 3. The van der Waals surface area contributed by atoms with Crippen molar-refractivity contribution in [1.29, 1.82) is 0 Å². The number of thioether (sulfide) groups is 2. The molecule has 0 aromatic carbocycles. The average Bonchev–Trinajstić information content (AvgIpc) is 0.907. The molecule has 34 nitrogen and oxygen atoms in total. The van der Waals surface area contributed by atoms with Gasteiger partial charge in [0.2, 0.25) is 73.3 Å². The standard InChI is InChI=1S/C13H24N6O2S.C12H21ClN6O2.C8H16N6S.C7H16N2O2.C5H6Cl2N4.C3Cl3N3.3CH3Cl.CH5N.CH4S/c1-6-14-9-17-10(19-11(18-9)22-5)15-7-8-16-12(20)21-13(2,3)4;1-5-14-9-17-8(13)18-10(19-9)15-6-7-16-11(20)21-12(2,3)4;1-3-10-6-12-7(11-5-4-9)14-8(13-6)15-2;1-7(2,3)11-6(10)9-5-4-8;1-2-8-5-10-3(6)9-4(7)11-5;4-1-7-2(5)9-3(6)8-1;5*1-2/h6-8H2,1-5H3,(H,16,20)(H2,14,15,17,18,19);5-7H2,1-4H3,(H,16,20)(H2,14,15,17,18,19);3-5,9H2,1-2H3,(H2,10,11,12,13,14);4-5,8H2,1-3H3,(H,9,10);2H2,1H3,(H,8,9,10,11);;3*1H3;2H2,1H3;2H,1H3. The van der Waals surface area contributed by atoms with Crippen LogP contribution in [0.1, 0.15) is 90.0 Å². The van der Waals surface area contributed by atoms with Gasteiger partial charge in [-0.05, 0) is 185 Å². The Balaban J connectivity index is -0.000000261. The number of anilines is 7. The molecule has 0 aliphatic rings. The summed E-state index contributed by atoms with van der Waals surface area (Å²) in [6.45, 7) is 30.9. The van der Waals surface area contributed by atoms with Gasteiger partial charge < -0.3 is 84.6 Å². The lowest BCUT2D eigenvalue weighted by Gasteiger charge is -2.19. The molecule has 0 aliphatic heterocycles. The summed E-state index contributed by atoms with van der Waals surface area (Å²) in [6.07, 6.45) is 8.62. The Kier molecular flexibility index (Phi) is 70.3. The minimum atomic E-state index is -0.514. The minimum Gasteiger partial charge on any atom is -0.444 e. The maximum Gasteiger partial charge on any atom is 0.407 e. The third-order valence-electron chi connectivity index (χ3n) is 8.07. The van der Waals surface area contributed by atoms with E-state index in [4.69, 9.17) is 95.3 Å². The summed E-state index contributed by atoms with van der Waals surface area (Å²) in [5.41, 5.74) is 13.6. The van der Waals surface area contributed by atoms with Crippen LogP contribution in [0, 0.1) is 0 Å². The number of ether oxygens (including phenoxy) is 3. The predicted octanol–water partition coefficient (Wildman–Crippen LogP) is 10.8. The molecule has 0 saturated heterocycles. The molecule has 5 heterocycles. The Morgan fingerprint density at radius 2 is 0.556 bits per heavy atom. The van der Waals surface area contributed by atoms with E-state index in [0.29, 0.717) is 111 Å². The van der Waals surface area contributed by atoms with Crippen LogP contribution in [0.2, 0.25) is 31.7 Å². The van der Waals surface area contributed by atoms with Crippen LogP contribution in [-0.4, -0.2) is 233 Å². The third-order valence-corrected chi connectivity index (χ3v) is 10.2. The minimum absolute atomic E-state index is 0.000000000000000444. The molecule has 5 rings (SSSR count). The van der Waals surface area contributed by atoms with Crippen molar-refractivity contribution >= 4 is 200 Å². The number of carbonyl (C=O) groups is 3. The number of aromatic nitrogens is 15. The fourth-order valence-corrected chi connectivity index (χ4v) is 6.88. The van der Waals surface area contributed by atoms with E-state index < -0.39 is 35.1 Å². The summed E-state index contributed by atoms with van der Waals surface area (Å²) in [6, 6.07) is 0. The normalized spacial score (nSPS) is 9.75. The number of alkyl carbamates (subject to hydrolysis) is 3. The summed E-state index contributed by atoms with van der Waals surface area (Å²) in [4.78, 5) is 92.6. The number of hydrogen-bond donors (Lipinski definition) is 14. The summed E-state index contributed by atoms with van der Waals surface area (Å²) >= 11 is 53.1. The maximum absolute atomic E-state index is 11.5. The number of halogens is 9. The van der Waals surface area contributed by atoms with Crippen molar-refractivity contribution in [2.24, 2.45) is 17.2 Å². The van der Waals surface area contributed by atoms with E-state index in [-0.39, 0.29) is 31.7 Å². The van der Waals surface area contributed by atoms with Gasteiger partial charge in [0.25, 0.3) is 0 Å². The van der Waals surface area contributed by atoms with Crippen molar-refractivity contribution in [1.82, 2.24) is 90.7 Å². The summed E-state index contributed by atoms with van der Waals surface area (Å²) < 4.78 is 15.2. The number of thiol groups is 1. The number of alkyl halides is 3. The Morgan fingerprint density at radius 1 is 0.354 bits per heavy atom. The molecular weight excluding hydrogens is 1540 g/mol. The highest BCUT2D eigenvalue weighted by molar-refractivity contribution is 7.98. The van der Waals surface area contributed by atoms with E-state index in [1.165, 1.54) is 49.7 Å². The van der Waals surface area contributed by atoms with Crippen LogP contribution in [0.25, 0.3) is 0 Å². The molecule has 0 spiro atoms. The molecule has 0 unspecified atom stereocenters. The molecule has 5 aromatic rings. The molecule has 0 radical (unpaired) electrons. The molecule has 570 valence electrons. The molecule has 0 fully saturated rings. The molecule has 0 aliphatic carbocycles. The Morgan fingerprint density at radius 3 is 0.798 bits per heavy atom.